The maximum absolute atomic E-state index is 13.0. The fraction of sp³-hybridized carbons (Fsp3) is 0.842. The zero-order valence-electron chi connectivity index (χ0n) is 17.9. The molecule has 0 aromatic rings. The van der Waals surface area contributed by atoms with Crippen LogP contribution < -0.4 is 21.7 Å². The first-order valence-corrected chi connectivity index (χ1v) is 10.8. The Morgan fingerprint density at radius 2 is 1.52 bits per heavy atom. The molecular weight excluding hydrogens is 396 g/mol. The summed E-state index contributed by atoms with van der Waals surface area (Å²) in [5.41, 5.74) is 5.88. The van der Waals surface area contributed by atoms with E-state index in [0.29, 0.717) is 18.7 Å². The van der Waals surface area contributed by atoms with Crippen LogP contribution in [0.1, 0.15) is 47.0 Å². The largest absolute Gasteiger partial charge is 0.480 e. The molecule has 0 saturated carbocycles. The highest BCUT2D eigenvalue weighted by Gasteiger charge is 2.32. The summed E-state index contributed by atoms with van der Waals surface area (Å²) < 4.78 is 0. The molecule has 9 nitrogen and oxygen atoms in total. The second-order valence-corrected chi connectivity index (χ2v) is 7.86. The number of hydrogen-bond donors (Lipinski definition) is 7. The van der Waals surface area contributed by atoms with Crippen molar-refractivity contribution in [2.24, 2.45) is 17.6 Å². The molecule has 0 aliphatic heterocycles. The molecular formula is C19H38N4O5S. The first kappa shape index (κ1) is 27.6. The molecule has 29 heavy (non-hydrogen) atoms. The molecule has 6 atom stereocenters. The Morgan fingerprint density at radius 1 is 1.00 bits per heavy atom. The lowest BCUT2D eigenvalue weighted by Gasteiger charge is -2.30. The van der Waals surface area contributed by atoms with Gasteiger partial charge in [-0.3, -0.25) is 9.59 Å². The fourth-order valence-electron chi connectivity index (χ4n) is 2.72. The van der Waals surface area contributed by atoms with Gasteiger partial charge in [0, 0.05) is 31.4 Å². The predicted octanol–water partition coefficient (Wildman–Crippen LogP) is -0.269. The minimum atomic E-state index is -1.23. The van der Waals surface area contributed by atoms with Gasteiger partial charge in [0.2, 0.25) is 11.8 Å². The molecule has 0 aromatic heterocycles. The first-order valence-electron chi connectivity index (χ1n) is 10.2. The molecule has 170 valence electrons. The summed E-state index contributed by atoms with van der Waals surface area (Å²) in [7, 11) is 0. The van der Waals surface area contributed by atoms with Gasteiger partial charge >= 0.3 is 5.97 Å². The molecule has 0 aliphatic carbocycles. The molecule has 2 amide bonds. The summed E-state index contributed by atoms with van der Waals surface area (Å²) in [6, 6.07) is -2.85. The lowest BCUT2D eigenvalue weighted by Crippen LogP contribution is -2.59. The summed E-state index contributed by atoms with van der Waals surface area (Å²) in [6.07, 6.45) is 1.25. The normalized spacial score (nSPS) is 17.5. The fourth-order valence-corrected chi connectivity index (χ4v) is 2.85. The van der Waals surface area contributed by atoms with Crippen molar-refractivity contribution in [1.82, 2.24) is 16.0 Å². The Morgan fingerprint density at radius 3 is 1.97 bits per heavy atom. The second kappa shape index (κ2) is 14.6. The van der Waals surface area contributed by atoms with Gasteiger partial charge in [-0.2, -0.15) is 12.6 Å². The lowest BCUT2D eigenvalue weighted by molar-refractivity contribution is -0.143. The lowest BCUT2D eigenvalue weighted by atomic mass is 9.94. The van der Waals surface area contributed by atoms with E-state index in [1.807, 2.05) is 27.7 Å². The molecule has 0 bridgehead atoms. The monoisotopic (exact) mass is 434 g/mol. The van der Waals surface area contributed by atoms with Crippen LogP contribution in [-0.2, 0) is 14.4 Å². The van der Waals surface area contributed by atoms with E-state index in [0.717, 1.165) is 6.42 Å². The number of aliphatic hydroxyl groups excluding tert-OH is 1. The Labute approximate surface area is 179 Å². The summed E-state index contributed by atoms with van der Waals surface area (Å²) >= 11 is 4.15. The number of hydrogen-bond acceptors (Lipinski definition) is 7. The summed E-state index contributed by atoms with van der Waals surface area (Å²) in [6.45, 7) is 7.64. The van der Waals surface area contributed by atoms with Gasteiger partial charge in [-0.1, -0.05) is 40.5 Å². The molecule has 0 aliphatic rings. The Balaban J connectivity index is 5.36. The third-order valence-electron chi connectivity index (χ3n) is 5.16. The SMILES string of the molecule is CC[C@H](C)[C@H](NC[C@@H](N)CS)C(=O)N[C@H](C(=O)N[C@@H](CCO)C(=O)O)[C@@H](C)CC. The van der Waals surface area contributed by atoms with Gasteiger partial charge in [0.05, 0.1) is 6.04 Å². The number of carboxylic acid groups (broad SMARTS) is 1. The van der Waals surface area contributed by atoms with E-state index in [9.17, 15) is 19.5 Å². The van der Waals surface area contributed by atoms with Crippen molar-refractivity contribution in [2.45, 2.75) is 71.1 Å². The van der Waals surface area contributed by atoms with Gasteiger partial charge < -0.3 is 31.9 Å². The molecule has 0 unspecified atom stereocenters. The van der Waals surface area contributed by atoms with Crippen molar-refractivity contribution in [3.05, 3.63) is 0 Å². The van der Waals surface area contributed by atoms with E-state index < -0.39 is 30.0 Å². The van der Waals surface area contributed by atoms with Gasteiger partial charge in [0.1, 0.15) is 12.1 Å². The average Bonchev–Trinajstić information content (AvgIpc) is 2.70. The molecule has 0 rings (SSSR count). The molecule has 10 heteroatoms. The van der Waals surface area contributed by atoms with Crippen LogP contribution in [0.3, 0.4) is 0 Å². The molecule has 0 saturated heterocycles. The summed E-state index contributed by atoms with van der Waals surface area (Å²) in [5, 5.41) is 26.6. The van der Waals surface area contributed by atoms with Crippen LogP contribution in [0.5, 0.6) is 0 Å². The number of aliphatic carboxylic acids is 1. The van der Waals surface area contributed by atoms with E-state index in [2.05, 4.69) is 28.6 Å². The van der Waals surface area contributed by atoms with E-state index in [1.165, 1.54) is 0 Å². The molecule has 0 fully saturated rings. The standard InChI is InChI=1S/C19H38N4O5S/c1-5-11(3)15(21-9-13(20)10-29)17(25)23-16(12(4)6-2)18(26)22-14(7-8-24)19(27)28/h11-16,21,24,29H,5-10,20H2,1-4H3,(H,22,26)(H,23,25)(H,27,28)/t11-,12-,13+,14-,15-,16-/m0/s1. The Hall–Kier alpha value is -1.36. The number of carbonyl (C=O) groups excluding carboxylic acids is 2. The van der Waals surface area contributed by atoms with E-state index in [1.54, 1.807) is 0 Å². The van der Waals surface area contributed by atoms with Crippen molar-refractivity contribution in [2.75, 3.05) is 18.9 Å². The van der Waals surface area contributed by atoms with Crippen molar-refractivity contribution < 1.29 is 24.6 Å². The average molecular weight is 435 g/mol. The number of rotatable bonds is 15. The van der Waals surface area contributed by atoms with Crippen molar-refractivity contribution in [3.63, 3.8) is 0 Å². The number of nitrogens with two attached hydrogens (primary N) is 1. The van der Waals surface area contributed by atoms with Crippen LogP contribution in [0.4, 0.5) is 0 Å². The van der Waals surface area contributed by atoms with Crippen LogP contribution in [0.15, 0.2) is 0 Å². The highest BCUT2D eigenvalue weighted by atomic mass is 32.1. The summed E-state index contributed by atoms with van der Waals surface area (Å²) in [4.78, 5) is 37.0. The smallest absolute Gasteiger partial charge is 0.326 e. The van der Waals surface area contributed by atoms with Crippen LogP contribution >= 0.6 is 12.6 Å². The Bertz CT molecular complexity index is 523. The molecule has 0 radical (unpaired) electrons. The van der Waals surface area contributed by atoms with Crippen molar-refractivity contribution in [1.29, 1.82) is 0 Å². The maximum Gasteiger partial charge on any atom is 0.326 e. The minimum Gasteiger partial charge on any atom is -0.480 e. The quantitative estimate of drug-likeness (QED) is 0.175. The zero-order chi connectivity index (χ0) is 22.6. The number of thiol groups is 1. The van der Waals surface area contributed by atoms with E-state index >= 15 is 0 Å². The second-order valence-electron chi connectivity index (χ2n) is 7.50. The highest BCUT2D eigenvalue weighted by molar-refractivity contribution is 7.80. The predicted molar refractivity (Wildman–Crippen MR) is 116 cm³/mol. The van der Waals surface area contributed by atoms with Crippen LogP contribution in [0.25, 0.3) is 0 Å². The highest BCUT2D eigenvalue weighted by Crippen LogP contribution is 2.12. The van der Waals surface area contributed by atoms with Crippen molar-refractivity contribution >= 4 is 30.4 Å². The number of carbonyl (C=O) groups is 3. The van der Waals surface area contributed by atoms with Gasteiger partial charge in [-0.25, -0.2) is 4.79 Å². The number of carboxylic acids is 1. The number of nitrogens with one attached hydrogen (secondary N) is 3. The van der Waals surface area contributed by atoms with Gasteiger partial charge in [-0.15, -0.1) is 0 Å². The molecule has 0 heterocycles. The molecule has 0 spiro atoms. The Kier molecular flexibility index (Phi) is 13.9. The van der Waals surface area contributed by atoms with Gasteiger partial charge in [0.15, 0.2) is 0 Å². The van der Waals surface area contributed by atoms with Gasteiger partial charge in [0.25, 0.3) is 0 Å². The van der Waals surface area contributed by atoms with Crippen LogP contribution in [-0.4, -0.2) is 71.1 Å². The van der Waals surface area contributed by atoms with Gasteiger partial charge in [-0.05, 0) is 11.8 Å². The number of aliphatic hydroxyl groups is 1. The van der Waals surface area contributed by atoms with E-state index in [4.69, 9.17) is 10.8 Å². The van der Waals surface area contributed by atoms with E-state index in [-0.39, 0.29) is 36.8 Å². The topological polar surface area (TPSA) is 154 Å². The number of amides is 2. The van der Waals surface area contributed by atoms with Crippen LogP contribution in [0, 0.1) is 11.8 Å². The third-order valence-corrected chi connectivity index (χ3v) is 5.62. The molecule has 7 N–H and O–H groups in total. The zero-order valence-corrected chi connectivity index (χ0v) is 18.7. The van der Waals surface area contributed by atoms with Crippen LogP contribution in [0.2, 0.25) is 0 Å². The maximum atomic E-state index is 13.0. The third kappa shape index (κ3) is 9.79. The first-order chi connectivity index (χ1) is 13.6. The molecule has 0 aromatic carbocycles. The summed E-state index contributed by atoms with van der Waals surface area (Å²) in [5.74, 6) is -1.88. The minimum absolute atomic E-state index is 0.00363. The van der Waals surface area contributed by atoms with Crippen molar-refractivity contribution in [3.8, 4) is 0 Å².